The number of nitrogens with zero attached hydrogens (tertiary/aromatic N) is 1. The van der Waals surface area contributed by atoms with Crippen molar-refractivity contribution >= 4 is 39.7 Å². The van der Waals surface area contributed by atoms with Gasteiger partial charge in [0.25, 0.3) is 5.91 Å². The Morgan fingerprint density at radius 2 is 1.89 bits per heavy atom. The molecule has 36 heavy (non-hydrogen) atoms. The lowest BCUT2D eigenvalue weighted by Crippen LogP contribution is -2.17. The van der Waals surface area contributed by atoms with Crippen LogP contribution in [0.3, 0.4) is 0 Å². The fourth-order valence-electron chi connectivity index (χ4n) is 3.14. The zero-order valence-corrected chi connectivity index (χ0v) is 22.3. The molecule has 0 aromatic heterocycles. The van der Waals surface area contributed by atoms with E-state index in [1.807, 2.05) is 37.3 Å². The maximum Gasteiger partial charge on any atom is 0.271 e. The van der Waals surface area contributed by atoms with E-state index in [2.05, 4.69) is 33.0 Å². The van der Waals surface area contributed by atoms with Crippen LogP contribution in [-0.2, 0) is 6.61 Å². The van der Waals surface area contributed by atoms with Crippen LogP contribution in [0.1, 0.15) is 28.4 Å². The third-order valence-corrected chi connectivity index (χ3v) is 5.78. The Hall–Kier alpha value is -3.49. The van der Waals surface area contributed by atoms with E-state index >= 15 is 0 Å². The van der Waals surface area contributed by atoms with Gasteiger partial charge in [0.15, 0.2) is 23.0 Å². The summed E-state index contributed by atoms with van der Waals surface area (Å²) in [5.74, 6) is 1.63. The predicted molar refractivity (Wildman–Crippen MR) is 145 cm³/mol. The van der Waals surface area contributed by atoms with Gasteiger partial charge < -0.3 is 18.9 Å². The molecule has 1 amide bonds. The maximum atomic E-state index is 12.6. The van der Waals surface area contributed by atoms with E-state index in [1.165, 1.54) is 13.3 Å². The van der Waals surface area contributed by atoms with Crippen molar-refractivity contribution in [2.24, 2.45) is 5.10 Å². The summed E-state index contributed by atoms with van der Waals surface area (Å²) in [4.78, 5) is 12.6. The van der Waals surface area contributed by atoms with Gasteiger partial charge in [-0.3, -0.25) is 4.79 Å². The number of rotatable bonds is 12. The monoisotopic (exact) mass is 572 g/mol. The normalized spacial score (nSPS) is 10.7. The number of carbonyl (C=O) groups excluding carboxylic acids is 1. The largest absolute Gasteiger partial charge is 0.493 e. The highest BCUT2D eigenvalue weighted by Gasteiger charge is 2.14. The Kier molecular flexibility index (Phi) is 10.2. The van der Waals surface area contributed by atoms with Crippen LogP contribution in [0.2, 0.25) is 5.02 Å². The van der Waals surface area contributed by atoms with Crippen molar-refractivity contribution in [3.05, 3.63) is 93.4 Å². The number of hydrazone groups is 1. The highest BCUT2D eigenvalue weighted by molar-refractivity contribution is 9.10. The lowest BCUT2D eigenvalue weighted by Gasteiger charge is -2.15. The van der Waals surface area contributed by atoms with Crippen molar-refractivity contribution in [1.82, 2.24) is 5.43 Å². The van der Waals surface area contributed by atoms with E-state index in [0.717, 1.165) is 5.56 Å². The first kappa shape index (κ1) is 27.1. The molecular weight excluding hydrogens is 548 g/mol. The molecule has 3 rings (SSSR count). The highest BCUT2D eigenvalue weighted by Crippen LogP contribution is 2.37. The fraction of sp³-hybridized carbons (Fsp3) is 0.185. The van der Waals surface area contributed by atoms with E-state index in [-0.39, 0.29) is 6.61 Å². The molecule has 0 atom stereocenters. The SMILES string of the molecule is C=CCOc1ccc(C(=O)N/N=C/c2cc(Br)c(OCc3ccccc3Cl)c(OCC)c2)cc1OC. The lowest BCUT2D eigenvalue weighted by atomic mass is 10.2. The quantitative estimate of drug-likeness (QED) is 0.154. The number of nitrogens with one attached hydrogen (secondary N) is 1. The first-order valence-corrected chi connectivity index (χ1v) is 12.2. The van der Waals surface area contributed by atoms with Gasteiger partial charge in [0.05, 0.1) is 24.4 Å². The molecular formula is C27H26BrClN2O5. The lowest BCUT2D eigenvalue weighted by molar-refractivity contribution is 0.0954. The molecule has 0 saturated carbocycles. The molecule has 0 heterocycles. The summed E-state index contributed by atoms with van der Waals surface area (Å²) in [5.41, 5.74) is 4.44. The van der Waals surface area contributed by atoms with Gasteiger partial charge >= 0.3 is 0 Å². The van der Waals surface area contributed by atoms with E-state index in [0.29, 0.717) is 56.8 Å². The minimum atomic E-state index is -0.399. The predicted octanol–water partition coefficient (Wildman–Crippen LogP) is 6.42. The molecule has 7 nitrogen and oxygen atoms in total. The topological polar surface area (TPSA) is 78.4 Å². The fourth-order valence-corrected chi connectivity index (χ4v) is 3.90. The highest BCUT2D eigenvalue weighted by atomic mass is 79.9. The molecule has 3 aromatic rings. The number of methoxy groups -OCH3 is 1. The van der Waals surface area contributed by atoms with Crippen LogP contribution < -0.4 is 24.4 Å². The molecule has 0 spiro atoms. The Morgan fingerprint density at radius 3 is 2.61 bits per heavy atom. The zero-order valence-electron chi connectivity index (χ0n) is 19.9. The maximum absolute atomic E-state index is 12.6. The summed E-state index contributed by atoms with van der Waals surface area (Å²) in [7, 11) is 1.51. The molecule has 9 heteroatoms. The molecule has 188 valence electrons. The van der Waals surface area contributed by atoms with Crippen LogP contribution >= 0.6 is 27.5 Å². The summed E-state index contributed by atoms with van der Waals surface area (Å²) in [6.45, 7) is 6.56. The Morgan fingerprint density at radius 1 is 1.08 bits per heavy atom. The second-order valence-electron chi connectivity index (χ2n) is 7.31. The molecule has 0 aliphatic carbocycles. The van der Waals surface area contributed by atoms with Gasteiger partial charge in [0.2, 0.25) is 0 Å². The number of benzene rings is 3. The van der Waals surface area contributed by atoms with Gasteiger partial charge in [-0.25, -0.2) is 5.43 Å². The molecule has 0 fully saturated rings. The minimum absolute atomic E-state index is 0.280. The standard InChI is InChI=1S/C27H26BrClN2O5/c1-4-12-35-23-11-10-19(15-24(23)33-3)27(32)31-30-16-18-13-21(28)26(25(14-18)34-5-2)36-17-20-8-6-7-9-22(20)29/h4,6-11,13-16H,1,5,12,17H2,2-3H3,(H,31,32)/b30-16+. The van der Waals surface area contributed by atoms with Gasteiger partial charge in [-0.1, -0.05) is 42.5 Å². The molecule has 1 N–H and O–H groups in total. The van der Waals surface area contributed by atoms with E-state index in [4.69, 9.17) is 30.5 Å². The van der Waals surface area contributed by atoms with Crippen molar-refractivity contribution in [1.29, 1.82) is 0 Å². The zero-order chi connectivity index (χ0) is 25.9. The average molecular weight is 574 g/mol. The van der Waals surface area contributed by atoms with Gasteiger partial charge in [0.1, 0.15) is 13.2 Å². The van der Waals surface area contributed by atoms with Crippen molar-refractivity contribution < 1.29 is 23.7 Å². The van der Waals surface area contributed by atoms with Crippen molar-refractivity contribution in [2.75, 3.05) is 20.3 Å². The van der Waals surface area contributed by atoms with Gasteiger partial charge in [0, 0.05) is 16.1 Å². The third kappa shape index (κ3) is 7.26. The van der Waals surface area contributed by atoms with Crippen molar-refractivity contribution in [3.8, 4) is 23.0 Å². The second-order valence-corrected chi connectivity index (χ2v) is 8.57. The molecule has 3 aromatic carbocycles. The van der Waals surface area contributed by atoms with Crippen LogP contribution in [0.15, 0.2) is 76.8 Å². The number of hydrogen-bond donors (Lipinski definition) is 1. The summed E-state index contributed by atoms with van der Waals surface area (Å²) < 4.78 is 23.3. The molecule has 0 aliphatic rings. The van der Waals surface area contributed by atoms with E-state index in [9.17, 15) is 4.79 Å². The molecule has 0 unspecified atom stereocenters. The van der Waals surface area contributed by atoms with E-state index < -0.39 is 5.91 Å². The van der Waals surface area contributed by atoms with Crippen molar-refractivity contribution in [3.63, 3.8) is 0 Å². The second kappa shape index (κ2) is 13.6. The molecule has 0 bridgehead atoms. The average Bonchev–Trinajstić information content (AvgIpc) is 2.88. The Balaban J connectivity index is 1.71. The minimum Gasteiger partial charge on any atom is -0.493 e. The summed E-state index contributed by atoms with van der Waals surface area (Å²) in [6, 6.07) is 15.9. The first-order chi connectivity index (χ1) is 17.5. The molecule has 0 radical (unpaired) electrons. The van der Waals surface area contributed by atoms with Crippen molar-refractivity contribution in [2.45, 2.75) is 13.5 Å². The van der Waals surface area contributed by atoms with Crippen LogP contribution in [0.4, 0.5) is 0 Å². The Bertz CT molecular complexity index is 1250. The molecule has 0 aliphatic heterocycles. The number of carbonyl (C=O) groups is 1. The number of amides is 1. The summed E-state index contributed by atoms with van der Waals surface area (Å²) >= 11 is 9.78. The number of hydrogen-bond acceptors (Lipinski definition) is 6. The van der Waals surface area contributed by atoms with Crippen LogP contribution in [0.5, 0.6) is 23.0 Å². The van der Waals surface area contributed by atoms with Gasteiger partial charge in [-0.05, 0) is 64.8 Å². The van der Waals surface area contributed by atoms with Gasteiger partial charge in [-0.15, -0.1) is 0 Å². The Labute approximate surface area is 223 Å². The molecule has 0 saturated heterocycles. The van der Waals surface area contributed by atoms with Gasteiger partial charge in [-0.2, -0.15) is 5.10 Å². The van der Waals surface area contributed by atoms with Crippen LogP contribution in [0.25, 0.3) is 0 Å². The smallest absolute Gasteiger partial charge is 0.271 e. The van der Waals surface area contributed by atoms with Crippen LogP contribution in [-0.4, -0.2) is 32.4 Å². The third-order valence-electron chi connectivity index (χ3n) is 4.82. The number of halogens is 2. The first-order valence-electron chi connectivity index (χ1n) is 11.0. The van der Waals surface area contributed by atoms with Crippen LogP contribution in [0, 0.1) is 0 Å². The summed E-state index contributed by atoms with van der Waals surface area (Å²) in [6.07, 6.45) is 3.14. The number of ether oxygens (including phenoxy) is 4. The summed E-state index contributed by atoms with van der Waals surface area (Å²) in [5, 5.41) is 4.71. The van der Waals surface area contributed by atoms with E-state index in [1.54, 1.807) is 30.3 Å².